The van der Waals surface area contributed by atoms with Gasteiger partial charge in [0, 0.05) is 12.7 Å². The van der Waals surface area contributed by atoms with E-state index in [-0.39, 0.29) is 11.4 Å². The van der Waals surface area contributed by atoms with E-state index < -0.39 is 10.0 Å². The first-order chi connectivity index (χ1) is 12.9. The highest BCUT2D eigenvalue weighted by Gasteiger charge is 2.18. The number of nitrogens with one attached hydrogen (secondary N) is 1. The molecule has 0 aliphatic heterocycles. The molecular weight excluding hydrogens is 360 g/mol. The van der Waals surface area contributed by atoms with Crippen LogP contribution in [0.3, 0.4) is 0 Å². The van der Waals surface area contributed by atoms with E-state index in [1.807, 2.05) is 28.8 Å². The van der Waals surface area contributed by atoms with Gasteiger partial charge >= 0.3 is 0 Å². The molecule has 2 heterocycles. The third-order valence-electron chi connectivity index (χ3n) is 4.32. The minimum absolute atomic E-state index is 0.127. The largest absolute Gasteiger partial charge is 0.311 e. The molecule has 0 saturated carbocycles. The van der Waals surface area contributed by atoms with Gasteiger partial charge in [0.1, 0.15) is 11.3 Å². The number of rotatable bonds is 8. The van der Waals surface area contributed by atoms with Crippen LogP contribution in [0, 0.1) is 5.92 Å². The van der Waals surface area contributed by atoms with Gasteiger partial charge in [-0.25, -0.2) is 23.1 Å². The van der Waals surface area contributed by atoms with E-state index in [0.717, 1.165) is 36.1 Å². The molecule has 3 rings (SSSR count). The second-order valence-corrected chi connectivity index (χ2v) is 8.86. The zero-order chi connectivity index (χ0) is 19.4. The molecule has 0 atom stereocenters. The Morgan fingerprint density at radius 1 is 1.15 bits per heavy atom. The van der Waals surface area contributed by atoms with Crippen molar-refractivity contribution in [3.8, 4) is 0 Å². The standard InChI is InChI=1S/C20H26N4O2S/c1-4-6-16-8-10-17(11-9-16)27(25,26)22-13-19-23-18-7-5-12-21-20(18)24(19)14-15(2)3/h5,7-12,15,22H,4,6,13-14H2,1-3H3. The lowest BCUT2D eigenvalue weighted by Gasteiger charge is -2.12. The number of imidazole rings is 1. The lowest BCUT2D eigenvalue weighted by molar-refractivity contribution is 0.510. The van der Waals surface area contributed by atoms with Crippen molar-refractivity contribution < 1.29 is 8.42 Å². The molecule has 0 aliphatic rings. The van der Waals surface area contributed by atoms with Gasteiger partial charge in [-0.2, -0.15) is 0 Å². The molecule has 0 unspecified atom stereocenters. The van der Waals surface area contributed by atoms with E-state index >= 15 is 0 Å². The van der Waals surface area contributed by atoms with Gasteiger partial charge < -0.3 is 4.57 Å². The predicted octanol–water partition coefficient (Wildman–Crippen LogP) is 3.52. The molecule has 3 aromatic rings. The molecule has 0 aliphatic carbocycles. The Labute approximate surface area is 160 Å². The normalized spacial score (nSPS) is 12.1. The first-order valence-electron chi connectivity index (χ1n) is 9.29. The predicted molar refractivity (Wildman–Crippen MR) is 107 cm³/mol. The number of pyridine rings is 1. The molecule has 1 N–H and O–H groups in total. The van der Waals surface area contributed by atoms with Crippen LogP contribution >= 0.6 is 0 Å². The number of hydrogen-bond acceptors (Lipinski definition) is 4. The molecule has 0 fully saturated rings. The van der Waals surface area contributed by atoms with Crippen molar-refractivity contribution >= 4 is 21.2 Å². The minimum Gasteiger partial charge on any atom is -0.311 e. The molecule has 6 nitrogen and oxygen atoms in total. The van der Waals surface area contributed by atoms with E-state index in [1.54, 1.807) is 18.3 Å². The Morgan fingerprint density at radius 3 is 2.56 bits per heavy atom. The van der Waals surface area contributed by atoms with Gasteiger partial charge in [-0.3, -0.25) is 0 Å². The molecule has 0 bridgehead atoms. The summed E-state index contributed by atoms with van der Waals surface area (Å²) in [6.45, 7) is 7.18. The topological polar surface area (TPSA) is 76.9 Å². The number of fused-ring (bicyclic) bond motifs is 1. The smallest absolute Gasteiger partial charge is 0.240 e. The van der Waals surface area contributed by atoms with Crippen LogP contribution in [0.1, 0.15) is 38.6 Å². The molecule has 0 spiro atoms. The zero-order valence-corrected chi connectivity index (χ0v) is 16.8. The van der Waals surface area contributed by atoms with Crippen molar-refractivity contribution in [3.05, 3.63) is 54.0 Å². The molecule has 0 amide bonds. The maximum absolute atomic E-state index is 12.7. The highest BCUT2D eigenvalue weighted by molar-refractivity contribution is 7.89. The number of sulfonamides is 1. The summed E-state index contributed by atoms with van der Waals surface area (Å²) in [5.41, 5.74) is 2.70. The first kappa shape index (κ1) is 19.5. The first-order valence-corrected chi connectivity index (χ1v) is 10.8. The Kier molecular flexibility index (Phi) is 5.92. The summed E-state index contributed by atoms with van der Waals surface area (Å²) < 4.78 is 30.0. The van der Waals surface area contributed by atoms with Crippen molar-refractivity contribution in [3.63, 3.8) is 0 Å². The zero-order valence-electron chi connectivity index (χ0n) is 16.0. The van der Waals surface area contributed by atoms with Gasteiger partial charge in [0.2, 0.25) is 10.0 Å². The maximum Gasteiger partial charge on any atom is 0.240 e. The highest BCUT2D eigenvalue weighted by Crippen LogP contribution is 2.17. The number of hydrogen-bond donors (Lipinski definition) is 1. The minimum atomic E-state index is -3.60. The Morgan fingerprint density at radius 2 is 1.89 bits per heavy atom. The van der Waals surface area contributed by atoms with Crippen LogP contribution in [0.25, 0.3) is 11.2 Å². The fourth-order valence-corrected chi connectivity index (χ4v) is 4.04. The lowest BCUT2D eigenvalue weighted by Crippen LogP contribution is -2.25. The van der Waals surface area contributed by atoms with Gasteiger partial charge in [0.05, 0.1) is 11.4 Å². The van der Waals surface area contributed by atoms with E-state index in [4.69, 9.17) is 0 Å². The van der Waals surface area contributed by atoms with Crippen LogP contribution in [0.4, 0.5) is 0 Å². The third kappa shape index (κ3) is 4.54. The van der Waals surface area contributed by atoms with Gasteiger partial charge in [-0.15, -0.1) is 0 Å². The maximum atomic E-state index is 12.7. The summed E-state index contributed by atoms with van der Waals surface area (Å²) in [5.74, 6) is 1.06. The number of aromatic nitrogens is 3. The Hall–Kier alpha value is -2.25. The second kappa shape index (κ2) is 8.19. The summed E-state index contributed by atoms with van der Waals surface area (Å²) in [6.07, 6.45) is 3.71. The summed E-state index contributed by atoms with van der Waals surface area (Å²) in [5, 5.41) is 0. The van der Waals surface area contributed by atoms with Crippen molar-refractivity contribution in [2.75, 3.05) is 0 Å². The van der Waals surface area contributed by atoms with Crippen LogP contribution < -0.4 is 4.72 Å². The van der Waals surface area contributed by atoms with Crippen molar-refractivity contribution in [1.82, 2.24) is 19.3 Å². The van der Waals surface area contributed by atoms with Gasteiger partial charge in [-0.1, -0.05) is 39.3 Å². The Bertz CT molecular complexity index is 1010. The van der Waals surface area contributed by atoms with E-state index in [9.17, 15) is 8.42 Å². The average molecular weight is 387 g/mol. The average Bonchev–Trinajstić information content (AvgIpc) is 2.98. The van der Waals surface area contributed by atoms with Crippen LogP contribution in [-0.4, -0.2) is 23.0 Å². The Balaban J connectivity index is 1.82. The molecule has 27 heavy (non-hydrogen) atoms. The summed E-state index contributed by atoms with van der Waals surface area (Å²) in [7, 11) is -3.60. The quantitative estimate of drug-likeness (QED) is 0.643. The molecule has 0 saturated heterocycles. The molecule has 1 aromatic carbocycles. The fraction of sp³-hybridized carbons (Fsp3) is 0.400. The van der Waals surface area contributed by atoms with E-state index in [2.05, 4.69) is 35.5 Å². The molecule has 7 heteroatoms. The highest BCUT2D eigenvalue weighted by atomic mass is 32.2. The SMILES string of the molecule is CCCc1ccc(S(=O)(=O)NCc2nc3cccnc3n2CC(C)C)cc1. The summed E-state index contributed by atoms with van der Waals surface area (Å²) >= 11 is 0. The van der Waals surface area contributed by atoms with Crippen molar-refractivity contribution in [2.45, 2.75) is 51.6 Å². The summed E-state index contributed by atoms with van der Waals surface area (Å²) in [4.78, 5) is 9.25. The molecule has 2 aromatic heterocycles. The van der Waals surface area contributed by atoms with Gasteiger partial charge in [0.25, 0.3) is 0 Å². The number of aryl methyl sites for hydroxylation is 1. The molecular formula is C20H26N4O2S. The van der Waals surface area contributed by atoms with Crippen molar-refractivity contribution in [2.24, 2.45) is 5.92 Å². The van der Waals surface area contributed by atoms with E-state index in [1.165, 1.54) is 0 Å². The monoisotopic (exact) mass is 386 g/mol. The van der Waals surface area contributed by atoms with Crippen molar-refractivity contribution in [1.29, 1.82) is 0 Å². The van der Waals surface area contributed by atoms with E-state index in [0.29, 0.717) is 11.7 Å². The van der Waals surface area contributed by atoms with Crippen LogP contribution in [0.15, 0.2) is 47.5 Å². The third-order valence-corrected chi connectivity index (χ3v) is 5.74. The second-order valence-electron chi connectivity index (χ2n) is 7.10. The number of nitrogens with zero attached hydrogens (tertiary/aromatic N) is 3. The van der Waals surface area contributed by atoms with Crippen LogP contribution in [-0.2, 0) is 29.5 Å². The fourth-order valence-electron chi connectivity index (χ4n) is 3.06. The van der Waals surface area contributed by atoms with Gasteiger partial charge in [-0.05, 0) is 42.2 Å². The van der Waals surface area contributed by atoms with Gasteiger partial charge in [0.15, 0.2) is 5.65 Å². The lowest BCUT2D eigenvalue weighted by atomic mass is 10.1. The number of benzene rings is 1. The summed E-state index contributed by atoms with van der Waals surface area (Å²) in [6, 6.07) is 10.8. The molecule has 0 radical (unpaired) electrons. The molecule has 144 valence electrons. The van der Waals surface area contributed by atoms with Crippen LogP contribution in [0.2, 0.25) is 0 Å². The van der Waals surface area contributed by atoms with Crippen LogP contribution in [0.5, 0.6) is 0 Å².